The van der Waals surface area contributed by atoms with Crippen LogP contribution in [-0.2, 0) is 11.3 Å². The predicted octanol–water partition coefficient (Wildman–Crippen LogP) is 0.793. The van der Waals surface area contributed by atoms with Crippen LogP contribution >= 0.6 is 0 Å². The number of para-hydroxylation sites is 1. The number of hydrogen-bond donors (Lipinski definition) is 2. The molecular weight excluding hydrogens is 296 g/mol. The number of carbonyl (C=O) groups excluding carboxylic acids is 1. The molecule has 0 saturated heterocycles. The zero-order valence-corrected chi connectivity index (χ0v) is 12.9. The molecule has 0 aliphatic carbocycles. The van der Waals surface area contributed by atoms with Gasteiger partial charge in [0.2, 0.25) is 0 Å². The maximum absolute atomic E-state index is 12.0. The molecule has 1 aromatic carbocycles. The van der Waals surface area contributed by atoms with E-state index in [4.69, 9.17) is 4.74 Å². The predicted molar refractivity (Wildman–Crippen MR) is 86.3 cm³/mol. The lowest BCUT2D eigenvalue weighted by Crippen LogP contribution is -2.42. The van der Waals surface area contributed by atoms with Gasteiger partial charge in [-0.05, 0) is 25.1 Å². The Bertz CT molecular complexity index is 684. The van der Waals surface area contributed by atoms with E-state index in [2.05, 4.69) is 5.32 Å². The number of carbonyl (C=O) groups is 1. The lowest BCUT2D eigenvalue weighted by molar-refractivity contribution is -0.127. The first-order valence-electron chi connectivity index (χ1n) is 7.39. The Kier molecular flexibility index (Phi) is 5.94. The van der Waals surface area contributed by atoms with Gasteiger partial charge < -0.3 is 19.7 Å². The van der Waals surface area contributed by atoms with Crippen LogP contribution in [0.4, 0.5) is 0 Å². The molecular formula is C17H20N2O4. The Morgan fingerprint density at radius 2 is 1.91 bits per heavy atom. The molecule has 2 rings (SSSR count). The second-order valence-electron chi connectivity index (χ2n) is 5.16. The standard InChI is InChI=1S/C17H20N2O4/c1-13(23-15-7-3-2-4-8-15)17(22)18-11-14(20)12-19-10-6-5-9-16(19)21/h2-10,13-14,20H,11-12H2,1H3,(H,18,22). The monoisotopic (exact) mass is 316 g/mol. The number of pyridine rings is 1. The zero-order valence-electron chi connectivity index (χ0n) is 12.9. The summed E-state index contributed by atoms with van der Waals surface area (Å²) in [5.41, 5.74) is -0.196. The average Bonchev–Trinajstić information content (AvgIpc) is 2.55. The fourth-order valence-electron chi connectivity index (χ4n) is 2.02. The summed E-state index contributed by atoms with van der Waals surface area (Å²) in [4.78, 5) is 23.5. The Balaban J connectivity index is 1.79. The highest BCUT2D eigenvalue weighted by Gasteiger charge is 2.16. The average molecular weight is 316 g/mol. The van der Waals surface area contributed by atoms with Crippen LogP contribution in [0, 0.1) is 0 Å². The number of benzene rings is 1. The number of rotatable bonds is 7. The molecule has 0 spiro atoms. The van der Waals surface area contributed by atoms with Gasteiger partial charge in [-0.15, -0.1) is 0 Å². The van der Waals surface area contributed by atoms with Crippen LogP contribution < -0.4 is 15.6 Å². The number of ether oxygens (including phenoxy) is 1. The molecule has 2 unspecified atom stereocenters. The summed E-state index contributed by atoms with van der Waals surface area (Å²) in [5, 5.41) is 12.5. The van der Waals surface area contributed by atoms with E-state index in [-0.39, 0.29) is 24.6 Å². The first-order valence-corrected chi connectivity index (χ1v) is 7.39. The quantitative estimate of drug-likeness (QED) is 0.791. The smallest absolute Gasteiger partial charge is 0.260 e. The molecule has 0 radical (unpaired) electrons. The van der Waals surface area contributed by atoms with Crippen LogP contribution in [0.3, 0.4) is 0 Å². The van der Waals surface area contributed by atoms with Crippen molar-refractivity contribution in [3.63, 3.8) is 0 Å². The molecule has 0 saturated carbocycles. The SMILES string of the molecule is CC(Oc1ccccc1)C(=O)NCC(O)Cn1ccccc1=O. The summed E-state index contributed by atoms with van der Waals surface area (Å²) in [7, 11) is 0. The molecule has 2 N–H and O–H groups in total. The molecule has 0 aliphatic heterocycles. The van der Waals surface area contributed by atoms with Crippen LogP contribution in [0.1, 0.15) is 6.92 Å². The van der Waals surface area contributed by atoms with Crippen LogP contribution in [0.5, 0.6) is 5.75 Å². The van der Waals surface area contributed by atoms with Crippen molar-refractivity contribution in [3.8, 4) is 5.75 Å². The lowest BCUT2D eigenvalue weighted by atomic mass is 10.3. The molecule has 2 aromatic rings. The highest BCUT2D eigenvalue weighted by molar-refractivity contribution is 5.80. The first-order chi connectivity index (χ1) is 11.1. The number of aromatic nitrogens is 1. The fourth-order valence-corrected chi connectivity index (χ4v) is 2.02. The Labute approximate surface area is 134 Å². The first kappa shape index (κ1) is 16.8. The minimum absolute atomic E-state index is 0.0443. The summed E-state index contributed by atoms with van der Waals surface area (Å²) < 4.78 is 6.89. The second kappa shape index (κ2) is 8.14. The van der Waals surface area contributed by atoms with Crippen molar-refractivity contribution in [2.75, 3.05) is 6.54 Å². The van der Waals surface area contributed by atoms with Gasteiger partial charge in [0, 0.05) is 18.8 Å². The van der Waals surface area contributed by atoms with E-state index in [1.165, 1.54) is 10.6 Å². The van der Waals surface area contributed by atoms with Gasteiger partial charge in [0.1, 0.15) is 5.75 Å². The molecule has 1 aromatic heterocycles. The number of aliphatic hydroxyl groups is 1. The van der Waals surface area contributed by atoms with E-state index in [0.717, 1.165) is 0 Å². The molecule has 0 fully saturated rings. The van der Waals surface area contributed by atoms with Crippen molar-refractivity contribution in [3.05, 3.63) is 65.1 Å². The van der Waals surface area contributed by atoms with Crippen molar-refractivity contribution in [2.45, 2.75) is 25.7 Å². The van der Waals surface area contributed by atoms with Crippen molar-refractivity contribution < 1.29 is 14.6 Å². The molecule has 6 nitrogen and oxygen atoms in total. The van der Waals surface area contributed by atoms with E-state index >= 15 is 0 Å². The van der Waals surface area contributed by atoms with Gasteiger partial charge in [-0.25, -0.2) is 0 Å². The van der Waals surface area contributed by atoms with E-state index < -0.39 is 12.2 Å². The van der Waals surface area contributed by atoms with Gasteiger partial charge in [-0.2, -0.15) is 0 Å². The van der Waals surface area contributed by atoms with Crippen molar-refractivity contribution in [2.24, 2.45) is 0 Å². The van der Waals surface area contributed by atoms with Crippen LogP contribution in [-0.4, -0.2) is 34.3 Å². The van der Waals surface area contributed by atoms with Gasteiger partial charge >= 0.3 is 0 Å². The summed E-state index contributed by atoms with van der Waals surface area (Å²) in [6.07, 6.45) is 0.0566. The van der Waals surface area contributed by atoms with Gasteiger partial charge in [-0.3, -0.25) is 9.59 Å². The largest absolute Gasteiger partial charge is 0.481 e. The number of aliphatic hydroxyl groups excluding tert-OH is 1. The van der Waals surface area contributed by atoms with Gasteiger partial charge in [0.15, 0.2) is 6.10 Å². The van der Waals surface area contributed by atoms with E-state index in [1.54, 1.807) is 37.4 Å². The lowest BCUT2D eigenvalue weighted by Gasteiger charge is -2.17. The fraction of sp³-hybridized carbons (Fsp3) is 0.294. The molecule has 23 heavy (non-hydrogen) atoms. The normalized spacial score (nSPS) is 13.1. The van der Waals surface area contributed by atoms with Crippen molar-refractivity contribution in [1.82, 2.24) is 9.88 Å². The van der Waals surface area contributed by atoms with E-state index in [9.17, 15) is 14.7 Å². The Morgan fingerprint density at radius 1 is 1.22 bits per heavy atom. The molecule has 2 atom stereocenters. The minimum Gasteiger partial charge on any atom is -0.481 e. The second-order valence-corrected chi connectivity index (χ2v) is 5.16. The number of hydrogen-bond acceptors (Lipinski definition) is 4. The molecule has 0 aliphatic rings. The van der Waals surface area contributed by atoms with Crippen molar-refractivity contribution in [1.29, 1.82) is 0 Å². The van der Waals surface area contributed by atoms with Crippen LogP contribution in [0.2, 0.25) is 0 Å². The molecule has 1 amide bonds. The third kappa shape index (κ3) is 5.27. The van der Waals surface area contributed by atoms with Crippen LogP contribution in [0.15, 0.2) is 59.5 Å². The van der Waals surface area contributed by atoms with E-state index in [0.29, 0.717) is 5.75 Å². The van der Waals surface area contributed by atoms with Crippen molar-refractivity contribution >= 4 is 5.91 Å². The molecule has 122 valence electrons. The van der Waals surface area contributed by atoms with Crippen LogP contribution in [0.25, 0.3) is 0 Å². The highest BCUT2D eigenvalue weighted by Crippen LogP contribution is 2.10. The highest BCUT2D eigenvalue weighted by atomic mass is 16.5. The summed E-state index contributed by atoms with van der Waals surface area (Å²) >= 11 is 0. The Morgan fingerprint density at radius 3 is 2.61 bits per heavy atom. The Hall–Kier alpha value is -2.60. The van der Waals surface area contributed by atoms with E-state index in [1.807, 2.05) is 18.2 Å². The number of nitrogens with one attached hydrogen (secondary N) is 1. The molecule has 1 heterocycles. The number of amides is 1. The molecule has 6 heteroatoms. The maximum atomic E-state index is 12.0. The van der Waals surface area contributed by atoms with Gasteiger partial charge in [0.25, 0.3) is 11.5 Å². The topological polar surface area (TPSA) is 80.6 Å². The number of nitrogens with zero attached hydrogens (tertiary/aromatic N) is 1. The summed E-state index contributed by atoms with van der Waals surface area (Å²) in [5.74, 6) is 0.278. The third-order valence-corrected chi connectivity index (χ3v) is 3.24. The zero-order chi connectivity index (χ0) is 16.7. The van der Waals surface area contributed by atoms with Gasteiger partial charge in [0.05, 0.1) is 12.6 Å². The summed E-state index contributed by atoms with van der Waals surface area (Å²) in [6, 6.07) is 13.8. The van der Waals surface area contributed by atoms with Gasteiger partial charge in [-0.1, -0.05) is 24.3 Å². The minimum atomic E-state index is -0.858. The molecule has 0 bridgehead atoms. The maximum Gasteiger partial charge on any atom is 0.260 e. The summed E-state index contributed by atoms with van der Waals surface area (Å²) in [6.45, 7) is 1.80. The third-order valence-electron chi connectivity index (χ3n) is 3.24.